The van der Waals surface area contributed by atoms with E-state index in [2.05, 4.69) is 5.48 Å². The van der Waals surface area contributed by atoms with E-state index in [9.17, 15) is 4.79 Å². The molecule has 0 radical (unpaired) electrons. The average Bonchev–Trinajstić information content (AvgIpc) is 2.97. The summed E-state index contributed by atoms with van der Waals surface area (Å²) >= 11 is 0. The van der Waals surface area contributed by atoms with Gasteiger partial charge in [0.2, 0.25) is 0 Å². The molecule has 0 unspecified atom stereocenters. The maximum Gasteiger partial charge on any atom is 0.327 e. The Balaban J connectivity index is 1.68. The maximum absolute atomic E-state index is 11.9. The number of carbonyl (C=O) groups is 1. The Morgan fingerprint density at radius 1 is 0.700 bits per heavy atom. The lowest BCUT2D eigenvalue weighted by Gasteiger charge is -2.19. The van der Waals surface area contributed by atoms with Crippen molar-refractivity contribution in [2.75, 3.05) is 0 Å². The molecule has 2 fully saturated rings. The van der Waals surface area contributed by atoms with Gasteiger partial charge in [-0.3, -0.25) is 4.79 Å². The lowest BCUT2D eigenvalue weighted by atomic mass is 10.0. The Morgan fingerprint density at radius 2 is 1.15 bits per heavy atom. The SMILES string of the molecule is O=C(ONC1CCCCCCCCCC1)C1CCCC1. The Labute approximate surface area is 123 Å². The van der Waals surface area contributed by atoms with Gasteiger partial charge >= 0.3 is 5.97 Å². The van der Waals surface area contributed by atoms with Gasteiger partial charge in [-0.1, -0.05) is 64.2 Å². The highest BCUT2D eigenvalue weighted by Crippen LogP contribution is 2.25. The normalized spacial score (nSPS) is 24.2. The summed E-state index contributed by atoms with van der Waals surface area (Å²) in [5.74, 6) is 0.141. The third kappa shape index (κ3) is 5.82. The fraction of sp³-hybridized carbons (Fsp3) is 0.941. The van der Waals surface area contributed by atoms with E-state index in [4.69, 9.17) is 4.84 Å². The zero-order valence-electron chi connectivity index (χ0n) is 12.9. The minimum Gasteiger partial charge on any atom is -0.370 e. The molecule has 0 spiro atoms. The monoisotopic (exact) mass is 281 g/mol. The minimum atomic E-state index is -0.0168. The summed E-state index contributed by atoms with van der Waals surface area (Å²) in [5.41, 5.74) is 3.09. The highest BCUT2D eigenvalue weighted by atomic mass is 16.7. The smallest absolute Gasteiger partial charge is 0.327 e. The Kier molecular flexibility index (Phi) is 7.42. The molecule has 3 heteroatoms. The summed E-state index contributed by atoms with van der Waals surface area (Å²) in [6.45, 7) is 0. The number of hydroxylamine groups is 1. The molecule has 2 aliphatic rings. The lowest BCUT2D eigenvalue weighted by Crippen LogP contribution is -2.33. The first-order valence-electron chi connectivity index (χ1n) is 8.82. The summed E-state index contributed by atoms with van der Waals surface area (Å²) < 4.78 is 0. The van der Waals surface area contributed by atoms with E-state index in [-0.39, 0.29) is 11.9 Å². The molecular weight excluding hydrogens is 250 g/mol. The van der Waals surface area contributed by atoms with E-state index in [1.165, 1.54) is 64.2 Å². The van der Waals surface area contributed by atoms with E-state index in [0.717, 1.165) is 25.7 Å². The van der Waals surface area contributed by atoms with E-state index >= 15 is 0 Å². The minimum absolute atomic E-state index is 0.0168. The van der Waals surface area contributed by atoms with Crippen LogP contribution in [0, 0.1) is 5.92 Å². The van der Waals surface area contributed by atoms with Crippen molar-refractivity contribution < 1.29 is 9.63 Å². The fourth-order valence-corrected chi connectivity index (χ4v) is 3.49. The molecule has 2 aliphatic carbocycles. The average molecular weight is 281 g/mol. The third-order valence-electron chi connectivity index (χ3n) is 4.87. The van der Waals surface area contributed by atoms with Crippen LogP contribution in [0.1, 0.15) is 89.9 Å². The molecule has 0 aromatic heterocycles. The first-order valence-corrected chi connectivity index (χ1v) is 8.82. The fourth-order valence-electron chi connectivity index (χ4n) is 3.49. The van der Waals surface area contributed by atoms with Crippen molar-refractivity contribution in [1.82, 2.24) is 5.48 Å². The van der Waals surface area contributed by atoms with Crippen LogP contribution in [-0.2, 0) is 9.63 Å². The molecule has 0 amide bonds. The van der Waals surface area contributed by atoms with Crippen LogP contribution in [0.25, 0.3) is 0 Å². The van der Waals surface area contributed by atoms with Crippen molar-refractivity contribution in [3.05, 3.63) is 0 Å². The summed E-state index contributed by atoms with van der Waals surface area (Å²) in [6.07, 6.45) is 17.4. The van der Waals surface area contributed by atoms with Crippen molar-refractivity contribution >= 4 is 5.97 Å². The highest BCUT2D eigenvalue weighted by Gasteiger charge is 2.25. The molecule has 20 heavy (non-hydrogen) atoms. The lowest BCUT2D eigenvalue weighted by molar-refractivity contribution is -0.158. The molecule has 0 aromatic carbocycles. The molecule has 0 aromatic rings. The Morgan fingerprint density at radius 3 is 1.70 bits per heavy atom. The predicted octanol–water partition coefficient (Wildman–Crippen LogP) is 4.51. The van der Waals surface area contributed by atoms with Crippen LogP contribution in [0.5, 0.6) is 0 Å². The van der Waals surface area contributed by atoms with Crippen molar-refractivity contribution in [2.45, 2.75) is 95.9 Å². The van der Waals surface area contributed by atoms with Gasteiger partial charge in [-0.05, 0) is 25.7 Å². The molecule has 1 N–H and O–H groups in total. The van der Waals surface area contributed by atoms with E-state index < -0.39 is 0 Å². The van der Waals surface area contributed by atoms with Gasteiger partial charge in [0.05, 0.1) is 5.92 Å². The van der Waals surface area contributed by atoms with Crippen LogP contribution >= 0.6 is 0 Å². The van der Waals surface area contributed by atoms with Gasteiger partial charge in [-0.25, -0.2) is 0 Å². The zero-order chi connectivity index (χ0) is 14.0. The summed E-state index contributed by atoms with van der Waals surface area (Å²) in [5, 5.41) is 0. The molecule has 0 saturated heterocycles. The number of carbonyl (C=O) groups excluding carboxylic acids is 1. The van der Waals surface area contributed by atoms with Gasteiger partial charge in [0.1, 0.15) is 0 Å². The second-order valence-electron chi connectivity index (χ2n) is 6.62. The van der Waals surface area contributed by atoms with Gasteiger partial charge in [-0.2, -0.15) is 5.48 Å². The topological polar surface area (TPSA) is 38.3 Å². The van der Waals surface area contributed by atoms with Crippen LogP contribution in [0.15, 0.2) is 0 Å². The quantitative estimate of drug-likeness (QED) is 0.774. The second kappa shape index (κ2) is 9.38. The summed E-state index contributed by atoms with van der Waals surface area (Å²) in [7, 11) is 0. The van der Waals surface area contributed by atoms with Crippen molar-refractivity contribution in [1.29, 1.82) is 0 Å². The molecule has 2 saturated carbocycles. The van der Waals surface area contributed by atoms with Crippen molar-refractivity contribution in [3.8, 4) is 0 Å². The van der Waals surface area contributed by atoms with E-state index in [1.807, 2.05) is 0 Å². The van der Waals surface area contributed by atoms with Gasteiger partial charge < -0.3 is 4.84 Å². The van der Waals surface area contributed by atoms with E-state index in [0.29, 0.717) is 6.04 Å². The van der Waals surface area contributed by atoms with Crippen LogP contribution in [0.3, 0.4) is 0 Å². The molecular formula is C17H31NO2. The summed E-state index contributed by atoms with van der Waals surface area (Å²) in [6, 6.07) is 0.374. The highest BCUT2D eigenvalue weighted by molar-refractivity contribution is 5.72. The third-order valence-corrected chi connectivity index (χ3v) is 4.87. The molecule has 0 heterocycles. The van der Waals surface area contributed by atoms with Crippen molar-refractivity contribution in [3.63, 3.8) is 0 Å². The van der Waals surface area contributed by atoms with Gasteiger partial charge in [0, 0.05) is 6.04 Å². The van der Waals surface area contributed by atoms with Crippen LogP contribution in [-0.4, -0.2) is 12.0 Å². The molecule has 2 rings (SSSR count). The maximum atomic E-state index is 11.9. The second-order valence-corrected chi connectivity index (χ2v) is 6.62. The number of hydrogen-bond donors (Lipinski definition) is 1. The largest absolute Gasteiger partial charge is 0.370 e. The number of nitrogens with one attached hydrogen (secondary N) is 1. The van der Waals surface area contributed by atoms with Gasteiger partial charge in [-0.15, -0.1) is 0 Å². The summed E-state index contributed by atoms with van der Waals surface area (Å²) in [4.78, 5) is 17.3. The van der Waals surface area contributed by atoms with Gasteiger partial charge in [0.15, 0.2) is 0 Å². The molecule has 3 nitrogen and oxygen atoms in total. The number of rotatable bonds is 3. The standard InChI is InChI=1S/C17H31NO2/c19-17(15-11-9-10-12-15)20-18-16-13-7-5-3-1-2-4-6-8-14-16/h15-16,18H,1-14H2. The van der Waals surface area contributed by atoms with Crippen LogP contribution < -0.4 is 5.48 Å². The molecule has 0 atom stereocenters. The Hall–Kier alpha value is -0.570. The Bertz CT molecular complexity index is 262. The number of hydrogen-bond acceptors (Lipinski definition) is 3. The van der Waals surface area contributed by atoms with Crippen LogP contribution in [0.4, 0.5) is 0 Å². The van der Waals surface area contributed by atoms with Crippen molar-refractivity contribution in [2.24, 2.45) is 5.92 Å². The van der Waals surface area contributed by atoms with Gasteiger partial charge in [0.25, 0.3) is 0 Å². The first-order chi connectivity index (χ1) is 9.86. The zero-order valence-corrected chi connectivity index (χ0v) is 12.9. The first kappa shape index (κ1) is 15.8. The predicted molar refractivity (Wildman–Crippen MR) is 81.1 cm³/mol. The van der Waals surface area contributed by atoms with Crippen LogP contribution in [0.2, 0.25) is 0 Å². The molecule has 0 bridgehead atoms. The molecule has 0 aliphatic heterocycles. The van der Waals surface area contributed by atoms with E-state index in [1.54, 1.807) is 0 Å². The molecule has 116 valence electrons.